The molecular formula is C7H14O4. The van der Waals surface area contributed by atoms with Gasteiger partial charge < -0.3 is 14.9 Å². The van der Waals surface area contributed by atoms with Gasteiger partial charge in [0, 0.05) is 0 Å². The third kappa shape index (κ3) is 3.95. The minimum absolute atomic E-state index is 0.280. The molecule has 0 aliphatic heterocycles. The second-order valence-corrected chi connectivity index (χ2v) is 2.35. The molecule has 4 heteroatoms. The van der Waals surface area contributed by atoms with Crippen molar-refractivity contribution in [1.82, 2.24) is 0 Å². The van der Waals surface area contributed by atoms with E-state index in [-0.39, 0.29) is 6.61 Å². The number of ether oxygens (including phenoxy) is 1. The first-order valence-electron chi connectivity index (χ1n) is 3.62. The van der Waals surface area contributed by atoms with Crippen LogP contribution in [-0.2, 0) is 9.53 Å². The van der Waals surface area contributed by atoms with Gasteiger partial charge in [0.25, 0.3) is 0 Å². The summed E-state index contributed by atoms with van der Waals surface area (Å²) in [7, 11) is 0. The van der Waals surface area contributed by atoms with Crippen LogP contribution in [0, 0.1) is 0 Å². The molecule has 4 nitrogen and oxygen atoms in total. The Hall–Kier alpha value is -0.610. The minimum Gasteiger partial charge on any atom is -0.464 e. The first kappa shape index (κ1) is 10.4. The molecule has 0 bridgehead atoms. The van der Waals surface area contributed by atoms with Crippen LogP contribution >= 0.6 is 0 Å². The molecule has 0 aromatic rings. The molecule has 0 saturated heterocycles. The van der Waals surface area contributed by atoms with Gasteiger partial charge >= 0.3 is 5.97 Å². The minimum atomic E-state index is -1.42. The maximum absolute atomic E-state index is 10.7. The zero-order valence-corrected chi connectivity index (χ0v) is 6.78. The molecule has 2 unspecified atom stereocenters. The maximum Gasteiger partial charge on any atom is 0.337 e. The molecule has 0 amide bonds. The van der Waals surface area contributed by atoms with Gasteiger partial charge in [0.15, 0.2) is 6.10 Å². The summed E-state index contributed by atoms with van der Waals surface area (Å²) in [6.07, 6.45) is -1.78. The van der Waals surface area contributed by atoms with Gasteiger partial charge in [-0.3, -0.25) is 0 Å². The Morgan fingerprint density at radius 3 is 2.45 bits per heavy atom. The van der Waals surface area contributed by atoms with Crippen molar-refractivity contribution in [1.29, 1.82) is 0 Å². The van der Waals surface area contributed by atoms with E-state index < -0.39 is 18.2 Å². The lowest BCUT2D eigenvalue weighted by atomic mass is 10.2. The summed E-state index contributed by atoms with van der Waals surface area (Å²) in [6.45, 7) is 3.46. The van der Waals surface area contributed by atoms with Crippen molar-refractivity contribution in [3.63, 3.8) is 0 Å². The molecule has 0 spiro atoms. The highest BCUT2D eigenvalue weighted by Crippen LogP contribution is 1.95. The van der Waals surface area contributed by atoms with Crippen molar-refractivity contribution < 1.29 is 19.7 Å². The number of hydrogen-bond acceptors (Lipinski definition) is 4. The fourth-order valence-corrected chi connectivity index (χ4v) is 0.485. The Morgan fingerprint density at radius 2 is 2.09 bits per heavy atom. The van der Waals surface area contributed by atoms with Crippen LogP contribution < -0.4 is 0 Å². The summed E-state index contributed by atoms with van der Waals surface area (Å²) in [5.41, 5.74) is 0. The van der Waals surface area contributed by atoms with Crippen LogP contribution in [0.5, 0.6) is 0 Å². The predicted molar refractivity (Wildman–Crippen MR) is 38.9 cm³/mol. The normalized spacial score (nSPS) is 15.6. The van der Waals surface area contributed by atoms with Gasteiger partial charge in [0.05, 0.1) is 12.7 Å². The number of esters is 1. The van der Waals surface area contributed by atoms with E-state index in [1.54, 1.807) is 0 Å². The molecule has 0 aliphatic carbocycles. The molecule has 0 radical (unpaired) electrons. The van der Waals surface area contributed by atoms with Crippen LogP contribution in [0.2, 0.25) is 0 Å². The van der Waals surface area contributed by atoms with Gasteiger partial charge in [-0.15, -0.1) is 0 Å². The van der Waals surface area contributed by atoms with Gasteiger partial charge in [-0.05, 0) is 13.3 Å². The summed E-state index contributed by atoms with van der Waals surface area (Å²) in [5, 5.41) is 17.6. The summed E-state index contributed by atoms with van der Waals surface area (Å²) in [4.78, 5) is 10.7. The number of carbonyl (C=O) groups is 1. The molecule has 0 heterocycles. The Balaban J connectivity index is 3.64. The van der Waals surface area contributed by atoms with Gasteiger partial charge in [-0.1, -0.05) is 6.92 Å². The molecule has 0 aromatic heterocycles. The molecule has 2 atom stereocenters. The Labute approximate surface area is 65.8 Å². The smallest absolute Gasteiger partial charge is 0.337 e. The first-order chi connectivity index (χ1) is 5.09. The molecule has 0 saturated carbocycles. The summed E-state index contributed by atoms with van der Waals surface area (Å²) in [6, 6.07) is 0. The third-order valence-electron chi connectivity index (χ3n) is 1.15. The average Bonchev–Trinajstić information content (AvgIpc) is 1.98. The molecule has 0 aromatic carbocycles. The Kier molecular flexibility index (Phi) is 4.81. The predicted octanol–water partition coefficient (Wildman–Crippen LogP) is -0.319. The molecule has 0 rings (SSSR count). The Bertz CT molecular complexity index is 122. The number of carbonyl (C=O) groups excluding carboxylic acids is 1. The highest BCUT2D eigenvalue weighted by Gasteiger charge is 2.21. The topological polar surface area (TPSA) is 66.8 Å². The van der Waals surface area contributed by atoms with E-state index in [4.69, 9.17) is 10.2 Å². The van der Waals surface area contributed by atoms with E-state index >= 15 is 0 Å². The quantitative estimate of drug-likeness (QED) is 0.556. The monoisotopic (exact) mass is 162 g/mol. The van der Waals surface area contributed by atoms with Gasteiger partial charge in [-0.2, -0.15) is 0 Å². The summed E-state index contributed by atoms with van der Waals surface area (Å²) >= 11 is 0. The van der Waals surface area contributed by atoms with E-state index in [0.29, 0.717) is 6.42 Å². The highest BCUT2D eigenvalue weighted by atomic mass is 16.5. The summed E-state index contributed by atoms with van der Waals surface area (Å²) < 4.78 is 4.57. The zero-order valence-electron chi connectivity index (χ0n) is 6.78. The van der Waals surface area contributed by atoms with Crippen molar-refractivity contribution >= 4 is 5.97 Å². The molecule has 66 valence electrons. The van der Waals surface area contributed by atoms with Crippen molar-refractivity contribution in [2.75, 3.05) is 6.61 Å². The highest BCUT2D eigenvalue weighted by molar-refractivity contribution is 5.74. The SMILES string of the molecule is CCCOC(=O)C(O)C(C)O. The van der Waals surface area contributed by atoms with Crippen LogP contribution in [0.25, 0.3) is 0 Å². The van der Waals surface area contributed by atoms with Crippen molar-refractivity contribution in [2.24, 2.45) is 0 Å². The van der Waals surface area contributed by atoms with Crippen molar-refractivity contribution in [2.45, 2.75) is 32.5 Å². The number of aliphatic hydroxyl groups is 2. The molecule has 11 heavy (non-hydrogen) atoms. The third-order valence-corrected chi connectivity index (χ3v) is 1.15. The zero-order chi connectivity index (χ0) is 8.85. The number of aliphatic hydroxyl groups excluding tert-OH is 2. The lowest BCUT2D eigenvalue weighted by molar-refractivity contribution is -0.158. The fraction of sp³-hybridized carbons (Fsp3) is 0.857. The number of rotatable bonds is 4. The van der Waals surface area contributed by atoms with Crippen LogP contribution in [0.3, 0.4) is 0 Å². The van der Waals surface area contributed by atoms with Gasteiger partial charge in [-0.25, -0.2) is 4.79 Å². The first-order valence-corrected chi connectivity index (χ1v) is 3.62. The number of hydrogen-bond donors (Lipinski definition) is 2. The van der Waals surface area contributed by atoms with Crippen LogP contribution in [0.15, 0.2) is 0 Å². The van der Waals surface area contributed by atoms with E-state index in [2.05, 4.69) is 4.74 Å². The second kappa shape index (κ2) is 5.09. The van der Waals surface area contributed by atoms with E-state index in [0.717, 1.165) is 0 Å². The van der Waals surface area contributed by atoms with E-state index in [1.165, 1.54) is 6.92 Å². The van der Waals surface area contributed by atoms with Crippen molar-refractivity contribution in [3.8, 4) is 0 Å². The molecule has 0 fully saturated rings. The summed E-state index contributed by atoms with van der Waals surface area (Å²) in [5.74, 6) is -0.762. The Morgan fingerprint density at radius 1 is 1.55 bits per heavy atom. The molecule has 0 aliphatic rings. The second-order valence-electron chi connectivity index (χ2n) is 2.35. The van der Waals surface area contributed by atoms with Crippen LogP contribution in [0.4, 0.5) is 0 Å². The fourth-order valence-electron chi connectivity index (χ4n) is 0.485. The average molecular weight is 162 g/mol. The van der Waals surface area contributed by atoms with Crippen molar-refractivity contribution in [3.05, 3.63) is 0 Å². The van der Waals surface area contributed by atoms with Crippen LogP contribution in [0.1, 0.15) is 20.3 Å². The lowest BCUT2D eigenvalue weighted by Crippen LogP contribution is -2.33. The van der Waals surface area contributed by atoms with Gasteiger partial charge in [0.2, 0.25) is 0 Å². The van der Waals surface area contributed by atoms with E-state index in [9.17, 15) is 4.79 Å². The van der Waals surface area contributed by atoms with Gasteiger partial charge in [0.1, 0.15) is 0 Å². The largest absolute Gasteiger partial charge is 0.464 e. The molecule has 2 N–H and O–H groups in total. The standard InChI is InChI=1S/C7H14O4/c1-3-4-11-7(10)6(9)5(2)8/h5-6,8-9H,3-4H2,1-2H3. The lowest BCUT2D eigenvalue weighted by Gasteiger charge is -2.11. The maximum atomic E-state index is 10.7. The molecular weight excluding hydrogens is 148 g/mol. The van der Waals surface area contributed by atoms with E-state index in [1.807, 2.05) is 6.92 Å². The van der Waals surface area contributed by atoms with Crippen LogP contribution in [-0.4, -0.2) is 35.0 Å².